The molecule has 0 aliphatic heterocycles. The highest BCUT2D eigenvalue weighted by molar-refractivity contribution is 6.30. The third kappa shape index (κ3) is 4.06. The Labute approximate surface area is 119 Å². The molecule has 0 spiro atoms. The van der Waals surface area contributed by atoms with Gasteiger partial charge in [0.05, 0.1) is 5.92 Å². The van der Waals surface area contributed by atoms with Crippen LogP contribution in [0.5, 0.6) is 0 Å². The minimum atomic E-state index is -1.08. The molecular formula is C12H13ClF2N2O3. The van der Waals surface area contributed by atoms with E-state index in [2.05, 4.69) is 0 Å². The molecule has 2 N–H and O–H groups in total. The summed E-state index contributed by atoms with van der Waals surface area (Å²) in [5, 5.41) is 10.6. The number of halogens is 3. The van der Waals surface area contributed by atoms with Gasteiger partial charge < -0.3 is 15.3 Å². The number of nitrogens with one attached hydrogen (secondary N) is 1. The quantitative estimate of drug-likeness (QED) is 0.898. The number of rotatable bonds is 4. The zero-order valence-corrected chi connectivity index (χ0v) is 11.5. The maximum absolute atomic E-state index is 13.5. The standard InChI is InChI=1S/C12H13ClF2N2O3/c1-6(11(18)19)5-17(2)12(20)16-10-8(14)3-7(13)4-9(10)15/h3-4,6H,5H2,1-2H3,(H,16,20)(H,18,19). The molecule has 2 amide bonds. The molecule has 20 heavy (non-hydrogen) atoms. The number of carboxylic acid groups (broad SMARTS) is 1. The van der Waals surface area contributed by atoms with E-state index in [0.717, 1.165) is 17.0 Å². The van der Waals surface area contributed by atoms with Gasteiger partial charge in [-0.05, 0) is 12.1 Å². The van der Waals surface area contributed by atoms with Crippen molar-refractivity contribution in [3.05, 3.63) is 28.8 Å². The van der Waals surface area contributed by atoms with Crippen LogP contribution in [0, 0.1) is 17.6 Å². The van der Waals surface area contributed by atoms with Crippen LogP contribution >= 0.6 is 11.6 Å². The molecule has 5 nitrogen and oxygen atoms in total. The fourth-order valence-electron chi connectivity index (χ4n) is 1.44. The first-order chi connectivity index (χ1) is 9.22. The molecule has 0 radical (unpaired) electrons. The Bertz CT molecular complexity index is 516. The molecule has 1 rings (SSSR count). The van der Waals surface area contributed by atoms with E-state index in [1.54, 1.807) is 0 Å². The number of nitrogens with zero attached hydrogens (tertiary/aromatic N) is 1. The second-order valence-electron chi connectivity index (χ2n) is 4.29. The van der Waals surface area contributed by atoms with Gasteiger partial charge in [-0.25, -0.2) is 13.6 Å². The lowest BCUT2D eigenvalue weighted by atomic mass is 10.2. The maximum atomic E-state index is 13.5. The number of carbonyl (C=O) groups excluding carboxylic acids is 1. The van der Waals surface area contributed by atoms with E-state index in [0.29, 0.717) is 0 Å². The molecule has 0 aliphatic carbocycles. The molecule has 1 unspecified atom stereocenters. The number of urea groups is 1. The van der Waals surface area contributed by atoms with Gasteiger partial charge in [-0.3, -0.25) is 4.79 Å². The zero-order valence-electron chi connectivity index (χ0n) is 10.8. The Kier molecular flexibility index (Phi) is 5.26. The molecule has 1 aromatic rings. The minimum absolute atomic E-state index is 0.0992. The van der Waals surface area contributed by atoms with Crippen molar-refractivity contribution in [2.75, 3.05) is 18.9 Å². The van der Waals surface area contributed by atoms with Gasteiger partial charge in [0.25, 0.3) is 0 Å². The van der Waals surface area contributed by atoms with E-state index < -0.39 is 35.2 Å². The zero-order chi connectivity index (χ0) is 15.4. The Hall–Kier alpha value is -1.89. The molecule has 1 atom stereocenters. The first-order valence-corrected chi connectivity index (χ1v) is 5.99. The third-order valence-corrected chi connectivity index (χ3v) is 2.77. The summed E-state index contributed by atoms with van der Waals surface area (Å²) in [7, 11) is 1.32. The Morgan fingerprint density at radius 2 is 1.90 bits per heavy atom. The van der Waals surface area contributed by atoms with E-state index >= 15 is 0 Å². The average Bonchev–Trinajstić information content (AvgIpc) is 2.32. The van der Waals surface area contributed by atoms with Gasteiger partial charge >= 0.3 is 12.0 Å². The SMILES string of the molecule is CC(CN(C)C(=O)Nc1c(F)cc(Cl)cc1F)C(=O)O. The average molecular weight is 307 g/mol. The number of carboxylic acids is 1. The fraction of sp³-hybridized carbons (Fsp3) is 0.333. The van der Waals surface area contributed by atoms with Gasteiger partial charge in [0.15, 0.2) is 11.6 Å². The van der Waals surface area contributed by atoms with Crippen LogP contribution in [0.15, 0.2) is 12.1 Å². The molecule has 0 saturated carbocycles. The molecule has 0 aliphatic rings. The van der Waals surface area contributed by atoms with Crippen molar-refractivity contribution in [3.8, 4) is 0 Å². The van der Waals surface area contributed by atoms with Gasteiger partial charge in [0.2, 0.25) is 0 Å². The summed E-state index contributed by atoms with van der Waals surface area (Å²) in [6.45, 7) is 1.31. The highest BCUT2D eigenvalue weighted by atomic mass is 35.5. The highest BCUT2D eigenvalue weighted by Crippen LogP contribution is 2.23. The second kappa shape index (κ2) is 6.51. The predicted octanol–water partition coefficient (Wildman–Crippen LogP) is 2.80. The highest BCUT2D eigenvalue weighted by Gasteiger charge is 2.20. The van der Waals surface area contributed by atoms with Crippen LogP contribution in [-0.2, 0) is 4.79 Å². The van der Waals surface area contributed by atoms with Crippen LogP contribution in [-0.4, -0.2) is 35.6 Å². The van der Waals surface area contributed by atoms with Gasteiger partial charge in [-0.15, -0.1) is 0 Å². The van der Waals surface area contributed by atoms with E-state index in [-0.39, 0.29) is 11.6 Å². The number of carbonyl (C=O) groups is 2. The van der Waals surface area contributed by atoms with E-state index in [1.807, 2.05) is 5.32 Å². The lowest BCUT2D eigenvalue weighted by molar-refractivity contribution is -0.141. The van der Waals surface area contributed by atoms with E-state index in [4.69, 9.17) is 16.7 Å². The molecule has 0 aromatic heterocycles. The van der Waals surface area contributed by atoms with Gasteiger partial charge in [-0.1, -0.05) is 18.5 Å². The number of hydrogen-bond donors (Lipinski definition) is 2. The summed E-state index contributed by atoms with van der Waals surface area (Å²) in [5.41, 5.74) is -0.630. The third-order valence-electron chi connectivity index (χ3n) is 2.55. The Balaban J connectivity index is 2.78. The molecule has 1 aromatic carbocycles. The number of anilines is 1. The summed E-state index contributed by atoms with van der Waals surface area (Å²) < 4.78 is 26.9. The van der Waals surface area contributed by atoms with Crippen molar-refractivity contribution in [2.45, 2.75) is 6.92 Å². The lowest BCUT2D eigenvalue weighted by Gasteiger charge is -2.20. The first-order valence-electron chi connectivity index (χ1n) is 5.61. The fourth-order valence-corrected chi connectivity index (χ4v) is 1.63. The molecule has 8 heteroatoms. The van der Waals surface area contributed by atoms with Crippen molar-refractivity contribution in [1.29, 1.82) is 0 Å². The summed E-state index contributed by atoms with van der Waals surface area (Å²) in [4.78, 5) is 23.4. The number of aliphatic carboxylic acids is 1. The van der Waals surface area contributed by atoms with Gasteiger partial charge in [0, 0.05) is 18.6 Å². The normalized spacial score (nSPS) is 11.8. The minimum Gasteiger partial charge on any atom is -0.481 e. The van der Waals surface area contributed by atoms with Crippen LogP contribution in [0.2, 0.25) is 5.02 Å². The van der Waals surface area contributed by atoms with Gasteiger partial charge in [-0.2, -0.15) is 0 Å². The molecule has 0 saturated heterocycles. The largest absolute Gasteiger partial charge is 0.481 e. The molecule has 0 bridgehead atoms. The Morgan fingerprint density at radius 1 is 1.40 bits per heavy atom. The summed E-state index contributed by atoms with van der Waals surface area (Å²) in [5.74, 6) is -3.90. The van der Waals surface area contributed by atoms with Crippen molar-refractivity contribution >= 4 is 29.3 Å². The van der Waals surface area contributed by atoms with Crippen LogP contribution in [0.25, 0.3) is 0 Å². The van der Waals surface area contributed by atoms with Crippen LogP contribution < -0.4 is 5.32 Å². The van der Waals surface area contributed by atoms with E-state index in [1.165, 1.54) is 14.0 Å². The Morgan fingerprint density at radius 3 is 2.35 bits per heavy atom. The number of amides is 2. The molecule has 0 heterocycles. The summed E-state index contributed by atoms with van der Waals surface area (Å²) in [6, 6.07) is 0.901. The number of hydrogen-bond acceptors (Lipinski definition) is 2. The maximum Gasteiger partial charge on any atom is 0.321 e. The molecular weight excluding hydrogens is 294 g/mol. The predicted molar refractivity (Wildman–Crippen MR) is 69.8 cm³/mol. The van der Waals surface area contributed by atoms with Crippen LogP contribution in [0.4, 0.5) is 19.3 Å². The van der Waals surface area contributed by atoms with Gasteiger partial charge in [0.1, 0.15) is 5.69 Å². The van der Waals surface area contributed by atoms with Crippen molar-refractivity contribution in [3.63, 3.8) is 0 Å². The monoisotopic (exact) mass is 306 g/mol. The smallest absolute Gasteiger partial charge is 0.321 e. The number of benzene rings is 1. The second-order valence-corrected chi connectivity index (χ2v) is 4.73. The van der Waals surface area contributed by atoms with Crippen LogP contribution in [0.3, 0.4) is 0 Å². The van der Waals surface area contributed by atoms with Crippen molar-refractivity contribution < 1.29 is 23.5 Å². The first kappa shape index (κ1) is 16.2. The van der Waals surface area contributed by atoms with E-state index in [9.17, 15) is 18.4 Å². The van der Waals surface area contributed by atoms with Crippen molar-refractivity contribution in [2.24, 2.45) is 5.92 Å². The van der Waals surface area contributed by atoms with Crippen molar-refractivity contribution in [1.82, 2.24) is 4.90 Å². The molecule has 110 valence electrons. The molecule has 0 fully saturated rings. The lowest BCUT2D eigenvalue weighted by Crippen LogP contribution is -2.37. The topological polar surface area (TPSA) is 69.6 Å². The summed E-state index contributed by atoms with van der Waals surface area (Å²) in [6.07, 6.45) is 0. The van der Waals surface area contributed by atoms with Crippen LogP contribution in [0.1, 0.15) is 6.92 Å². The summed E-state index contributed by atoms with van der Waals surface area (Å²) >= 11 is 5.46.